The molecule has 4 aromatic rings. The first-order chi connectivity index (χ1) is 14.0. The van der Waals surface area contributed by atoms with Gasteiger partial charge in [0, 0.05) is 5.69 Å². The zero-order valence-corrected chi connectivity index (χ0v) is 16.1. The number of halogens is 2. The number of anilines is 1. The first-order valence-electron chi connectivity index (χ1n) is 8.51. The van der Waals surface area contributed by atoms with Crippen LogP contribution < -0.4 is 5.32 Å². The summed E-state index contributed by atoms with van der Waals surface area (Å²) in [5.74, 6) is -0.840. The molecule has 1 N–H and O–H groups in total. The van der Waals surface area contributed by atoms with Gasteiger partial charge in [-0.05, 0) is 60.2 Å². The van der Waals surface area contributed by atoms with Crippen LogP contribution in [0.2, 0.25) is 5.02 Å². The van der Waals surface area contributed by atoms with Crippen LogP contribution in [0, 0.1) is 19.7 Å². The molecular weight excluding hydrogens is 399 g/mol. The Labute approximate surface area is 169 Å². The van der Waals surface area contributed by atoms with Crippen LogP contribution in [-0.4, -0.2) is 31.3 Å². The fourth-order valence-electron chi connectivity index (χ4n) is 2.99. The maximum Gasteiger partial charge on any atom is 0.261 e. The fraction of sp³-hybridized carbons (Fsp3) is 0.105. The highest BCUT2D eigenvalue weighted by Gasteiger charge is 2.25. The Kier molecular flexibility index (Phi) is 4.81. The molecule has 0 saturated carbocycles. The molecule has 0 atom stereocenters. The van der Waals surface area contributed by atoms with E-state index in [1.54, 1.807) is 25.1 Å². The molecule has 1 amide bonds. The molecule has 0 spiro atoms. The topological polar surface area (TPSA) is 98.7 Å². The number of carbonyl (C=O) groups excluding carboxylic acids is 1. The summed E-state index contributed by atoms with van der Waals surface area (Å²) in [6.45, 7) is 3.44. The largest absolute Gasteiger partial charge is 0.360 e. The second kappa shape index (κ2) is 7.44. The molecule has 2 aromatic carbocycles. The lowest BCUT2D eigenvalue weighted by Gasteiger charge is -2.10. The second-order valence-corrected chi connectivity index (χ2v) is 6.68. The van der Waals surface area contributed by atoms with Crippen LogP contribution in [0.1, 0.15) is 21.7 Å². The van der Waals surface area contributed by atoms with E-state index in [1.807, 2.05) is 6.92 Å². The molecule has 0 aliphatic heterocycles. The number of aryl methyl sites for hydroxylation is 2. The van der Waals surface area contributed by atoms with Gasteiger partial charge < -0.3 is 9.84 Å². The van der Waals surface area contributed by atoms with Crippen molar-refractivity contribution < 1.29 is 13.7 Å². The van der Waals surface area contributed by atoms with Crippen molar-refractivity contribution in [2.45, 2.75) is 13.8 Å². The predicted molar refractivity (Wildman–Crippen MR) is 103 cm³/mol. The maximum absolute atomic E-state index is 14.3. The van der Waals surface area contributed by atoms with Gasteiger partial charge in [-0.2, -0.15) is 0 Å². The molecule has 0 unspecified atom stereocenters. The van der Waals surface area contributed by atoms with Gasteiger partial charge >= 0.3 is 0 Å². The van der Waals surface area contributed by atoms with Crippen molar-refractivity contribution in [1.29, 1.82) is 0 Å². The van der Waals surface area contributed by atoms with Gasteiger partial charge in [0.15, 0.2) is 0 Å². The lowest BCUT2D eigenvalue weighted by Crippen LogP contribution is -2.14. The molecule has 0 fully saturated rings. The highest BCUT2D eigenvalue weighted by atomic mass is 35.5. The molecule has 0 saturated heterocycles. The minimum Gasteiger partial charge on any atom is -0.360 e. The van der Waals surface area contributed by atoms with E-state index in [2.05, 4.69) is 26.0 Å². The van der Waals surface area contributed by atoms with Gasteiger partial charge in [-0.15, -0.1) is 5.10 Å². The van der Waals surface area contributed by atoms with Gasteiger partial charge in [0.1, 0.15) is 29.2 Å². The first kappa shape index (κ1) is 18.8. The molecule has 4 rings (SSSR count). The smallest absolute Gasteiger partial charge is 0.261 e. The molecule has 146 valence electrons. The minimum atomic E-state index is -0.596. The van der Waals surface area contributed by atoms with Crippen molar-refractivity contribution in [2.75, 3.05) is 5.32 Å². The average Bonchev–Trinajstić information content (AvgIpc) is 3.32. The summed E-state index contributed by atoms with van der Waals surface area (Å²) in [5.41, 5.74) is 2.32. The number of amides is 1. The quantitative estimate of drug-likeness (QED) is 0.544. The normalized spacial score (nSPS) is 10.9. The Bertz CT molecular complexity index is 1190. The van der Waals surface area contributed by atoms with Crippen LogP contribution in [0.25, 0.3) is 16.9 Å². The number of nitrogens with one attached hydrogen (secondary N) is 1. The van der Waals surface area contributed by atoms with E-state index in [9.17, 15) is 9.18 Å². The monoisotopic (exact) mass is 412 g/mol. The van der Waals surface area contributed by atoms with Gasteiger partial charge in [0.05, 0.1) is 16.3 Å². The minimum absolute atomic E-state index is 0.0152. The van der Waals surface area contributed by atoms with Gasteiger partial charge in [-0.3, -0.25) is 4.79 Å². The number of aromatic nitrogens is 5. The van der Waals surface area contributed by atoms with Gasteiger partial charge in [-0.1, -0.05) is 22.8 Å². The van der Waals surface area contributed by atoms with Crippen LogP contribution in [-0.2, 0) is 0 Å². The Morgan fingerprint density at radius 3 is 2.76 bits per heavy atom. The molecule has 0 aliphatic rings. The van der Waals surface area contributed by atoms with E-state index < -0.39 is 11.7 Å². The summed E-state index contributed by atoms with van der Waals surface area (Å²) >= 11 is 6.13. The SMILES string of the molecule is Cc1cc(NC(=O)c2c(-c3c(F)cccc3Cl)noc2C)ccc1-n1cnnn1. The summed E-state index contributed by atoms with van der Waals surface area (Å²) in [5, 5.41) is 17.8. The zero-order valence-electron chi connectivity index (χ0n) is 15.3. The van der Waals surface area contributed by atoms with Crippen molar-refractivity contribution in [3.8, 4) is 16.9 Å². The number of carbonyl (C=O) groups is 1. The van der Waals surface area contributed by atoms with Crippen molar-refractivity contribution in [3.63, 3.8) is 0 Å². The van der Waals surface area contributed by atoms with Gasteiger partial charge in [0.2, 0.25) is 0 Å². The van der Waals surface area contributed by atoms with Crippen LogP contribution in [0.3, 0.4) is 0 Å². The van der Waals surface area contributed by atoms with E-state index in [1.165, 1.54) is 29.2 Å². The van der Waals surface area contributed by atoms with Crippen LogP contribution in [0.4, 0.5) is 10.1 Å². The highest BCUT2D eigenvalue weighted by molar-refractivity contribution is 6.33. The van der Waals surface area contributed by atoms with Crippen molar-refractivity contribution in [1.82, 2.24) is 25.4 Å². The molecular formula is C19H14ClFN6O2. The van der Waals surface area contributed by atoms with Crippen molar-refractivity contribution in [2.24, 2.45) is 0 Å². The Hall–Kier alpha value is -3.59. The standard InChI is InChI=1S/C19H14ClFN6O2/c1-10-8-12(6-7-15(10)27-9-22-25-26-27)23-19(28)16-11(2)29-24-18(16)17-13(20)4-3-5-14(17)21/h3-9H,1-2H3,(H,23,28). The highest BCUT2D eigenvalue weighted by Crippen LogP contribution is 2.33. The van der Waals surface area contributed by atoms with E-state index >= 15 is 0 Å². The van der Waals surface area contributed by atoms with Crippen LogP contribution in [0.5, 0.6) is 0 Å². The van der Waals surface area contributed by atoms with Gasteiger partial charge in [0.25, 0.3) is 5.91 Å². The first-order valence-corrected chi connectivity index (χ1v) is 8.89. The lowest BCUT2D eigenvalue weighted by atomic mass is 10.0. The van der Waals surface area contributed by atoms with Crippen molar-refractivity contribution >= 4 is 23.2 Å². The van der Waals surface area contributed by atoms with E-state index in [-0.39, 0.29) is 27.6 Å². The molecule has 0 radical (unpaired) electrons. The molecule has 10 heteroatoms. The second-order valence-electron chi connectivity index (χ2n) is 6.27. The molecule has 0 aliphatic carbocycles. The molecule has 2 heterocycles. The molecule has 2 aromatic heterocycles. The van der Waals surface area contributed by atoms with E-state index in [0.29, 0.717) is 5.69 Å². The molecule has 29 heavy (non-hydrogen) atoms. The third-order valence-electron chi connectivity index (χ3n) is 4.34. The van der Waals surface area contributed by atoms with Gasteiger partial charge in [-0.25, -0.2) is 9.07 Å². The summed E-state index contributed by atoms with van der Waals surface area (Å²) in [6, 6.07) is 9.49. The molecule has 0 bridgehead atoms. The third-order valence-corrected chi connectivity index (χ3v) is 4.65. The number of hydrogen-bond donors (Lipinski definition) is 1. The third kappa shape index (κ3) is 3.47. The Morgan fingerprint density at radius 1 is 1.24 bits per heavy atom. The predicted octanol–water partition coefficient (Wildman–Crippen LogP) is 3.98. The number of benzene rings is 2. The number of rotatable bonds is 4. The van der Waals surface area contributed by atoms with E-state index in [0.717, 1.165) is 11.3 Å². The number of tetrazole rings is 1. The Morgan fingerprint density at radius 2 is 2.07 bits per heavy atom. The fourth-order valence-corrected chi connectivity index (χ4v) is 3.24. The van der Waals surface area contributed by atoms with Crippen LogP contribution in [0.15, 0.2) is 47.2 Å². The number of hydrogen-bond acceptors (Lipinski definition) is 6. The average molecular weight is 413 g/mol. The summed E-state index contributed by atoms with van der Waals surface area (Å²) in [7, 11) is 0. The summed E-state index contributed by atoms with van der Waals surface area (Å²) < 4.78 is 21.0. The zero-order chi connectivity index (χ0) is 20.5. The number of nitrogens with zero attached hydrogens (tertiary/aromatic N) is 5. The van der Waals surface area contributed by atoms with E-state index in [4.69, 9.17) is 16.1 Å². The molecule has 8 nitrogen and oxygen atoms in total. The lowest BCUT2D eigenvalue weighted by molar-refractivity contribution is 0.102. The summed E-state index contributed by atoms with van der Waals surface area (Å²) in [4.78, 5) is 12.9. The Balaban J connectivity index is 1.67. The summed E-state index contributed by atoms with van der Waals surface area (Å²) in [6.07, 6.45) is 1.48. The van der Waals surface area contributed by atoms with Crippen molar-refractivity contribution in [3.05, 3.63) is 70.5 Å². The maximum atomic E-state index is 14.3. The van der Waals surface area contributed by atoms with Crippen LogP contribution >= 0.6 is 11.6 Å².